The maximum atomic E-state index is 4.72. The molecule has 1 saturated carbocycles. The lowest BCUT2D eigenvalue weighted by atomic mass is 9.93. The van der Waals surface area contributed by atoms with Crippen LogP contribution in [0.2, 0.25) is 0 Å². The number of nitrogens with zero attached hydrogens (tertiary/aromatic N) is 1. The Bertz CT molecular complexity index is 345. The van der Waals surface area contributed by atoms with Gasteiger partial charge in [0, 0.05) is 23.4 Å². The molecule has 1 aromatic rings. The number of hydrogen-bond donors (Lipinski definition) is 1. The van der Waals surface area contributed by atoms with Crippen molar-refractivity contribution >= 4 is 11.3 Å². The van der Waals surface area contributed by atoms with Crippen LogP contribution >= 0.6 is 11.3 Å². The summed E-state index contributed by atoms with van der Waals surface area (Å²) in [6.45, 7) is 7.62. The van der Waals surface area contributed by atoms with Crippen LogP contribution in [0.15, 0.2) is 5.38 Å². The van der Waals surface area contributed by atoms with Crippen LogP contribution in [0.3, 0.4) is 0 Å². The lowest BCUT2D eigenvalue weighted by Gasteiger charge is -2.22. The molecule has 0 saturated heterocycles. The highest BCUT2D eigenvalue weighted by molar-refractivity contribution is 7.09. The molecular weight excluding hydrogens is 228 g/mol. The molecule has 0 unspecified atom stereocenters. The largest absolute Gasteiger partial charge is 0.308 e. The summed E-state index contributed by atoms with van der Waals surface area (Å²) in [5, 5.41) is 7.09. The highest BCUT2D eigenvalue weighted by atomic mass is 32.1. The van der Waals surface area contributed by atoms with Gasteiger partial charge in [-0.2, -0.15) is 0 Å². The first-order valence-electron chi connectivity index (χ1n) is 6.74. The Hall–Kier alpha value is -0.410. The first kappa shape index (κ1) is 13.0. The van der Waals surface area contributed by atoms with E-state index in [9.17, 15) is 0 Å². The standard InChI is InChI=1S/C14H24N2S/c1-14(2,3)12-10-17-13(16-12)9-15-11-7-5-4-6-8-11/h10-11,15H,4-9H2,1-3H3. The van der Waals surface area contributed by atoms with Crippen molar-refractivity contribution < 1.29 is 0 Å². The Kier molecular flexibility index (Phi) is 4.21. The molecule has 1 N–H and O–H groups in total. The van der Waals surface area contributed by atoms with Gasteiger partial charge in [-0.1, -0.05) is 40.0 Å². The van der Waals surface area contributed by atoms with Crippen molar-refractivity contribution in [2.75, 3.05) is 0 Å². The summed E-state index contributed by atoms with van der Waals surface area (Å²) >= 11 is 1.79. The monoisotopic (exact) mass is 252 g/mol. The predicted molar refractivity (Wildman–Crippen MR) is 74.5 cm³/mol. The number of rotatable bonds is 3. The van der Waals surface area contributed by atoms with Crippen molar-refractivity contribution in [3.63, 3.8) is 0 Å². The maximum Gasteiger partial charge on any atom is 0.107 e. The van der Waals surface area contributed by atoms with Crippen molar-refractivity contribution in [3.05, 3.63) is 16.1 Å². The van der Waals surface area contributed by atoms with Crippen LogP contribution in [0.25, 0.3) is 0 Å². The minimum absolute atomic E-state index is 0.180. The number of hydrogen-bond acceptors (Lipinski definition) is 3. The van der Waals surface area contributed by atoms with Gasteiger partial charge in [-0.25, -0.2) is 4.98 Å². The molecule has 2 rings (SSSR count). The summed E-state index contributed by atoms with van der Waals surface area (Å²) in [6, 6.07) is 0.728. The molecule has 1 aliphatic carbocycles. The second-order valence-electron chi connectivity index (χ2n) is 6.09. The second kappa shape index (κ2) is 5.49. The van der Waals surface area contributed by atoms with E-state index in [1.54, 1.807) is 11.3 Å². The van der Waals surface area contributed by atoms with E-state index in [-0.39, 0.29) is 5.41 Å². The second-order valence-corrected chi connectivity index (χ2v) is 7.03. The first-order chi connectivity index (χ1) is 8.05. The SMILES string of the molecule is CC(C)(C)c1csc(CNC2CCCCC2)n1. The highest BCUT2D eigenvalue weighted by Gasteiger charge is 2.18. The third kappa shape index (κ3) is 3.78. The molecular formula is C14H24N2S. The van der Waals surface area contributed by atoms with Crippen molar-refractivity contribution in [1.29, 1.82) is 0 Å². The molecule has 1 aliphatic rings. The Balaban J connectivity index is 1.84. The van der Waals surface area contributed by atoms with E-state index < -0.39 is 0 Å². The molecule has 2 nitrogen and oxygen atoms in total. The Morgan fingerprint density at radius 3 is 2.59 bits per heavy atom. The Morgan fingerprint density at radius 2 is 2.00 bits per heavy atom. The lowest BCUT2D eigenvalue weighted by Crippen LogP contribution is -2.30. The van der Waals surface area contributed by atoms with E-state index in [4.69, 9.17) is 4.98 Å². The van der Waals surface area contributed by atoms with E-state index in [2.05, 4.69) is 31.5 Å². The van der Waals surface area contributed by atoms with Crippen molar-refractivity contribution in [2.24, 2.45) is 0 Å². The average molecular weight is 252 g/mol. The van der Waals surface area contributed by atoms with Gasteiger partial charge in [0.2, 0.25) is 0 Å². The van der Waals surface area contributed by atoms with E-state index in [0.29, 0.717) is 0 Å². The predicted octanol–water partition coefficient (Wildman–Crippen LogP) is 3.86. The molecule has 1 heterocycles. The average Bonchev–Trinajstić information content (AvgIpc) is 2.76. The molecule has 0 aliphatic heterocycles. The molecule has 96 valence electrons. The molecule has 3 heteroatoms. The molecule has 0 radical (unpaired) electrons. The molecule has 0 spiro atoms. The number of aromatic nitrogens is 1. The van der Waals surface area contributed by atoms with Crippen molar-refractivity contribution in [3.8, 4) is 0 Å². The molecule has 1 fully saturated rings. The van der Waals surface area contributed by atoms with E-state index >= 15 is 0 Å². The van der Waals surface area contributed by atoms with Gasteiger partial charge in [0.25, 0.3) is 0 Å². The van der Waals surface area contributed by atoms with Gasteiger partial charge in [-0.3, -0.25) is 0 Å². The maximum absolute atomic E-state index is 4.72. The van der Waals surface area contributed by atoms with E-state index in [0.717, 1.165) is 12.6 Å². The number of thiazole rings is 1. The molecule has 17 heavy (non-hydrogen) atoms. The van der Waals surface area contributed by atoms with Crippen LogP contribution < -0.4 is 5.32 Å². The minimum atomic E-state index is 0.180. The molecule has 0 aromatic carbocycles. The lowest BCUT2D eigenvalue weighted by molar-refractivity contribution is 0.372. The summed E-state index contributed by atoms with van der Waals surface area (Å²) in [4.78, 5) is 4.72. The van der Waals surface area contributed by atoms with Gasteiger partial charge in [0.1, 0.15) is 5.01 Å². The first-order valence-corrected chi connectivity index (χ1v) is 7.62. The summed E-state index contributed by atoms with van der Waals surface area (Å²) in [5.74, 6) is 0. The highest BCUT2D eigenvalue weighted by Crippen LogP contribution is 2.24. The molecule has 0 amide bonds. The fourth-order valence-electron chi connectivity index (χ4n) is 2.27. The minimum Gasteiger partial charge on any atom is -0.308 e. The third-order valence-corrected chi connectivity index (χ3v) is 4.32. The van der Waals surface area contributed by atoms with E-state index in [1.807, 2.05) is 0 Å². The normalized spacial score (nSPS) is 18.5. The van der Waals surface area contributed by atoms with Crippen LogP contribution in [0.4, 0.5) is 0 Å². The van der Waals surface area contributed by atoms with Crippen LogP contribution in [-0.4, -0.2) is 11.0 Å². The Morgan fingerprint density at radius 1 is 1.29 bits per heavy atom. The molecule has 1 aromatic heterocycles. The summed E-state index contributed by atoms with van der Waals surface area (Å²) in [5.41, 5.74) is 1.41. The quantitative estimate of drug-likeness (QED) is 0.883. The summed E-state index contributed by atoms with van der Waals surface area (Å²) < 4.78 is 0. The summed E-state index contributed by atoms with van der Waals surface area (Å²) in [7, 11) is 0. The van der Waals surface area contributed by atoms with Crippen LogP contribution in [0.5, 0.6) is 0 Å². The Labute approximate surface area is 109 Å². The number of nitrogens with one attached hydrogen (secondary N) is 1. The topological polar surface area (TPSA) is 24.9 Å². The van der Waals surface area contributed by atoms with Crippen LogP contribution in [-0.2, 0) is 12.0 Å². The molecule has 0 bridgehead atoms. The zero-order chi connectivity index (χ0) is 12.3. The summed E-state index contributed by atoms with van der Waals surface area (Å²) in [6.07, 6.45) is 6.89. The fourth-order valence-corrected chi connectivity index (χ4v) is 3.25. The smallest absolute Gasteiger partial charge is 0.107 e. The van der Waals surface area contributed by atoms with Gasteiger partial charge in [0.15, 0.2) is 0 Å². The van der Waals surface area contributed by atoms with Gasteiger partial charge >= 0.3 is 0 Å². The third-order valence-electron chi connectivity index (χ3n) is 3.47. The van der Waals surface area contributed by atoms with Gasteiger partial charge < -0.3 is 5.32 Å². The van der Waals surface area contributed by atoms with Gasteiger partial charge in [0.05, 0.1) is 5.69 Å². The van der Waals surface area contributed by atoms with Gasteiger partial charge in [-0.05, 0) is 12.8 Å². The van der Waals surface area contributed by atoms with Crippen LogP contribution in [0.1, 0.15) is 63.6 Å². The molecule has 0 atom stereocenters. The fraction of sp³-hybridized carbons (Fsp3) is 0.786. The van der Waals surface area contributed by atoms with Crippen LogP contribution in [0, 0.1) is 0 Å². The van der Waals surface area contributed by atoms with Crippen molar-refractivity contribution in [2.45, 2.75) is 70.9 Å². The van der Waals surface area contributed by atoms with E-state index in [1.165, 1.54) is 42.8 Å². The zero-order valence-electron chi connectivity index (χ0n) is 11.3. The van der Waals surface area contributed by atoms with Gasteiger partial charge in [-0.15, -0.1) is 11.3 Å². The van der Waals surface area contributed by atoms with Crippen molar-refractivity contribution in [1.82, 2.24) is 10.3 Å². The zero-order valence-corrected chi connectivity index (χ0v) is 12.1.